The number of para-hydroxylation sites is 1. The summed E-state index contributed by atoms with van der Waals surface area (Å²) in [6, 6.07) is 9.21. The van der Waals surface area contributed by atoms with Gasteiger partial charge in [-0.25, -0.2) is 0 Å². The molecule has 0 amide bonds. The molecule has 0 fully saturated rings. The van der Waals surface area contributed by atoms with Gasteiger partial charge in [0.15, 0.2) is 0 Å². The molecule has 1 aromatic rings. The Hall–Kier alpha value is -1.06. The lowest BCUT2D eigenvalue weighted by atomic mass is 10.2. The summed E-state index contributed by atoms with van der Waals surface area (Å²) in [4.78, 5) is 0. The Kier molecular flexibility index (Phi) is 3.73. The zero-order valence-electron chi connectivity index (χ0n) is 7.55. The van der Waals surface area contributed by atoms with Gasteiger partial charge in [-0.15, -0.1) is 0 Å². The van der Waals surface area contributed by atoms with Gasteiger partial charge in [-0.1, -0.05) is 18.2 Å². The molecular formula is C10H14O3. The van der Waals surface area contributed by atoms with Crippen molar-refractivity contribution in [1.82, 2.24) is 0 Å². The van der Waals surface area contributed by atoms with Crippen molar-refractivity contribution >= 4 is 0 Å². The molecule has 0 radical (unpaired) electrons. The van der Waals surface area contributed by atoms with Crippen molar-refractivity contribution in [2.24, 2.45) is 0 Å². The van der Waals surface area contributed by atoms with Gasteiger partial charge in [0.05, 0.1) is 6.61 Å². The number of hydrogen-bond donors (Lipinski definition) is 2. The van der Waals surface area contributed by atoms with Crippen LogP contribution in [-0.4, -0.2) is 29.0 Å². The molecule has 0 aliphatic rings. The average molecular weight is 182 g/mol. The van der Waals surface area contributed by atoms with E-state index in [1.807, 2.05) is 18.2 Å². The van der Waals surface area contributed by atoms with Gasteiger partial charge < -0.3 is 14.9 Å². The van der Waals surface area contributed by atoms with Crippen LogP contribution in [0, 0.1) is 0 Å². The van der Waals surface area contributed by atoms with E-state index in [0.29, 0.717) is 5.75 Å². The van der Waals surface area contributed by atoms with E-state index < -0.39 is 12.2 Å². The monoisotopic (exact) mass is 182 g/mol. The van der Waals surface area contributed by atoms with Crippen LogP contribution in [-0.2, 0) is 0 Å². The number of benzene rings is 1. The van der Waals surface area contributed by atoms with Gasteiger partial charge in [-0.3, -0.25) is 0 Å². The minimum atomic E-state index is -0.833. The molecule has 2 atom stereocenters. The third kappa shape index (κ3) is 3.05. The van der Waals surface area contributed by atoms with Crippen LogP contribution in [0.15, 0.2) is 30.3 Å². The molecule has 1 rings (SSSR count). The SMILES string of the molecule is C[C@@H](Oc1ccccc1)C(O)CO. The molecular weight excluding hydrogens is 168 g/mol. The van der Waals surface area contributed by atoms with Crippen molar-refractivity contribution in [2.75, 3.05) is 6.61 Å². The van der Waals surface area contributed by atoms with Gasteiger partial charge in [0.2, 0.25) is 0 Å². The highest BCUT2D eigenvalue weighted by atomic mass is 16.5. The van der Waals surface area contributed by atoms with Gasteiger partial charge in [-0.05, 0) is 19.1 Å². The van der Waals surface area contributed by atoms with Gasteiger partial charge in [0, 0.05) is 0 Å². The standard InChI is InChI=1S/C10H14O3/c1-8(10(12)7-11)13-9-5-3-2-4-6-9/h2-6,8,10-12H,7H2,1H3/t8-,10?/m1/s1. The predicted molar refractivity (Wildman–Crippen MR) is 49.6 cm³/mol. The number of ether oxygens (including phenoxy) is 1. The lowest BCUT2D eigenvalue weighted by Crippen LogP contribution is -2.31. The summed E-state index contributed by atoms with van der Waals surface area (Å²) < 4.78 is 5.36. The topological polar surface area (TPSA) is 49.7 Å². The van der Waals surface area contributed by atoms with Crippen LogP contribution in [0.3, 0.4) is 0 Å². The first-order valence-corrected chi connectivity index (χ1v) is 4.24. The molecule has 0 heterocycles. The van der Waals surface area contributed by atoms with Crippen molar-refractivity contribution in [2.45, 2.75) is 19.1 Å². The second kappa shape index (κ2) is 4.84. The number of hydrogen-bond acceptors (Lipinski definition) is 3. The van der Waals surface area contributed by atoms with E-state index in [2.05, 4.69) is 0 Å². The molecule has 0 aliphatic heterocycles. The number of aliphatic hydroxyl groups is 2. The van der Waals surface area contributed by atoms with Crippen molar-refractivity contribution < 1.29 is 14.9 Å². The number of rotatable bonds is 4. The minimum Gasteiger partial charge on any atom is -0.488 e. The molecule has 13 heavy (non-hydrogen) atoms. The molecule has 3 heteroatoms. The summed E-state index contributed by atoms with van der Waals surface area (Å²) in [5.74, 6) is 0.697. The third-order valence-electron chi connectivity index (χ3n) is 1.79. The van der Waals surface area contributed by atoms with Gasteiger partial charge in [0.1, 0.15) is 18.0 Å². The summed E-state index contributed by atoms with van der Waals surface area (Å²) in [5.41, 5.74) is 0. The Labute approximate surface area is 77.6 Å². The molecule has 1 unspecified atom stereocenters. The first-order chi connectivity index (χ1) is 6.24. The summed E-state index contributed by atoms with van der Waals surface area (Å²) in [6.07, 6.45) is -1.23. The van der Waals surface area contributed by atoms with Crippen LogP contribution in [0.4, 0.5) is 0 Å². The molecule has 0 saturated carbocycles. The highest BCUT2D eigenvalue weighted by Gasteiger charge is 2.13. The van der Waals surface area contributed by atoms with Crippen LogP contribution in [0.5, 0.6) is 5.75 Å². The van der Waals surface area contributed by atoms with Crippen LogP contribution < -0.4 is 4.74 Å². The highest BCUT2D eigenvalue weighted by molar-refractivity contribution is 5.21. The average Bonchev–Trinajstić information content (AvgIpc) is 2.18. The first kappa shape index (κ1) is 10.0. The third-order valence-corrected chi connectivity index (χ3v) is 1.79. The van der Waals surface area contributed by atoms with Gasteiger partial charge in [-0.2, -0.15) is 0 Å². The van der Waals surface area contributed by atoms with E-state index in [4.69, 9.17) is 9.84 Å². The van der Waals surface area contributed by atoms with Crippen LogP contribution in [0.1, 0.15) is 6.92 Å². The van der Waals surface area contributed by atoms with Crippen molar-refractivity contribution in [3.05, 3.63) is 30.3 Å². The largest absolute Gasteiger partial charge is 0.488 e. The normalized spacial score (nSPS) is 15.0. The first-order valence-electron chi connectivity index (χ1n) is 4.24. The van der Waals surface area contributed by atoms with E-state index in [1.165, 1.54) is 0 Å². The van der Waals surface area contributed by atoms with Crippen molar-refractivity contribution in [3.63, 3.8) is 0 Å². The molecule has 0 bridgehead atoms. The fraction of sp³-hybridized carbons (Fsp3) is 0.400. The van der Waals surface area contributed by atoms with Crippen LogP contribution in [0.25, 0.3) is 0 Å². The van der Waals surface area contributed by atoms with Gasteiger partial charge >= 0.3 is 0 Å². The maximum atomic E-state index is 9.21. The maximum absolute atomic E-state index is 9.21. The van der Waals surface area contributed by atoms with Gasteiger partial charge in [0.25, 0.3) is 0 Å². The van der Waals surface area contributed by atoms with E-state index in [-0.39, 0.29) is 6.61 Å². The predicted octanol–water partition coefficient (Wildman–Crippen LogP) is 0.807. The smallest absolute Gasteiger partial charge is 0.124 e. The molecule has 0 saturated heterocycles. The van der Waals surface area contributed by atoms with Crippen LogP contribution >= 0.6 is 0 Å². The second-order valence-corrected chi connectivity index (χ2v) is 2.89. The Balaban J connectivity index is 2.50. The van der Waals surface area contributed by atoms with Crippen LogP contribution in [0.2, 0.25) is 0 Å². The fourth-order valence-electron chi connectivity index (χ4n) is 0.941. The minimum absolute atomic E-state index is 0.284. The summed E-state index contributed by atoms with van der Waals surface area (Å²) in [5, 5.41) is 17.9. The molecule has 0 aliphatic carbocycles. The second-order valence-electron chi connectivity index (χ2n) is 2.89. The molecule has 72 valence electrons. The van der Waals surface area contributed by atoms with Crippen molar-refractivity contribution in [1.29, 1.82) is 0 Å². The lowest BCUT2D eigenvalue weighted by Gasteiger charge is -2.18. The molecule has 1 aromatic carbocycles. The Morgan fingerprint density at radius 1 is 1.31 bits per heavy atom. The Bertz CT molecular complexity index is 235. The number of aliphatic hydroxyl groups excluding tert-OH is 2. The molecule has 0 aromatic heterocycles. The summed E-state index contributed by atoms with van der Waals surface area (Å²) >= 11 is 0. The van der Waals surface area contributed by atoms with E-state index in [1.54, 1.807) is 19.1 Å². The molecule has 3 nitrogen and oxygen atoms in total. The van der Waals surface area contributed by atoms with E-state index >= 15 is 0 Å². The quantitative estimate of drug-likeness (QED) is 0.724. The van der Waals surface area contributed by atoms with E-state index in [0.717, 1.165) is 0 Å². The van der Waals surface area contributed by atoms with E-state index in [9.17, 15) is 5.11 Å². The molecule has 2 N–H and O–H groups in total. The lowest BCUT2D eigenvalue weighted by molar-refractivity contribution is 0.00816. The van der Waals surface area contributed by atoms with Crippen molar-refractivity contribution in [3.8, 4) is 5.75 Å². The Morgan fingerprint density at radius 2 is 1.92 bits per heavy atom. The fourth-order valence-corrected chi connectivity index (χ4v) is 0.941. The Morgan fingerprint density at radius 3 is 2.46 bits per heavy atom. The summed E-state index contributed by atoms with van der Waals surface area (Å²) in [7, 11) is 0. The summed E-state index contributed by atoms with van der Waals surface area (Å²) in [6.45, 7) is 1.43. The maximum Gasteiger partial charge on any atom is 0.124 e. The highest BCUT2D eigenvalue weighted by Crippen LogP contribution is 2.11. The molecule has 0 spiro atoms. The zero-order valence-corrected chi connectivity index (χ0v) is 7.55. The zero-order chi connectivity index (χ0) is 9.68.